The lowest BCUT2D eigenvalue weighted by atomic mass is 10.4. The maximum atomic E-state index is 10.7. The summed E-state index contributed by atoms with van der Waals surface area (Å²) in [7, 11) is 2.00. The molecule has 0 rings (SSSR count). The van der Waals surface area contributed by atoms with Gasteiger partial charge in [0, 0.05) is 19.7 Å². The number of likely N-dealkylation sites (N-methyl/N-ethyl adjacent to an activating group) is 1. The van der Waals surface area contributed by atoms with Gasteiger partial charge in [0.05, 0.1) is 33.0 Å². The molecule has 0 aliphatic carbocycles. The molecule has 5 nitrogen and oxygen atoms in total. The molecule has 5 heteroatoms. The fourth-order valence-corrected chi connectivity index (χ4v) is 1.40. The Hall–Kier alpha value is -0.750. The third kappa shape index (κ3) is 15.3. The topological polar surface area (TPSA) is 48.0 Å². The average Bonchev–Trinajstić information content (AvgIpc) is 2.40. The molecule has 0 bridgehead atoms. The minimum Gasteiger partial charge on any atom is -0.379 e. The molecule has 0 radical (unpaired) electrons. The van der Waals surface area contributed by atoms with E-state index in [2.05, 4.69) is 11.8 Å². The number of carbonyl (C=O) groups excluding carboxylic acids is 1. The monoisotopic (exact) mass is 287 g/mol. The van der Waals surface area contributed by atoms with Gasteiger partial charge in [-0.15, -0.1) is 0 Å². The molecule has 20 heavy (non-hydrogen) atoms. The fraction of sp³-hybridized carbons (Fsp3) is 0.800. The third-order valence-electron chi connectivity index (χ3n) is 2.48. The van der Waals surface area contributed by atoms with Gasteiger partial charge in [-0.1, -0.05) is 13.0 Å². The highest BCUT2D eigenvalue weighted by atomic mass is 16.5. The predicted octanol–water partition coefficient (Wildman–Crippen LogP) is 1.52. The van der Waals surface area contributed by atoms with E-state index in [4.69, 9.17) is 14.2 Å². The molecule has 0 N–H and O–H groups in total. The van der Waals surface area contributed by atoms with Crippen molar-refractivity contribution >= 4 is 5.78 Å². The summed E-state index contributed by atoms with van der Waals surface area (Å²) in [5.74, 6) is 0.0784. The average molecular weight is 287 g/mol. The van der Waals surface area contributed by atoms with Gasteiger partial charge in [0.2, 0.25) is 0 Å². The second kappa shape index (κ2) is 14.7. The largest absolute Gasteiger partial charge is 0.379 e. The van der Waals surface area contributed by atoms with Crippen LogP contribution in [0, 0.1) is 0 Å². The Morgan fingerprint density at radius 1 is 1.00 bits per heavy atom. The number of hydrogen-bond donors (Lipinski definition) is 0. The smallest absolute Gasteiger partial charge is 0.152 e. The number of allylic oxidation sites excluding steroid dienone is 1. The van der Waals surface area contributed by atoms with E-state index in [9.17, 15) is 4.79 Å². The first kappa shape index (κ1) is 19.2. The number of ether oxygens (including phenoxy) is 3. The molecule has 0 unspecified atom stereocenters. The van der Waals surface area contributed by atoms with Crippen LogP contribution >= 0.6 is 0 Å². The molecule has 0 atom stereocenters. The zero-order valence-electron chi connectivity index (χ0n) is 13.1. The van der Waals surface area contributed by atoms with E-state index >= 15 is 0 Å². The molecule has 0 fully saturated rings. The molecule has 0 aliphatic heterocycles. The zero-order valence-corrected chi connectivity index (χ0v) is 13.1. The summed E-state index contributed by atoms with van der Waals surface area (Å²) in [6, 6.07) is 0. The van der Waals surface area contributed by atoms with Gasteiger partial charge in [0.1, 0.15) is 0 Å². The van der Waals surface area contributed by atoms with Gasteiger partial charge in [0.25, 0.3) is 0 Å². The molecule has 0 amide bonds. The van der Waals surface area contributed by atoms with Crippen molar-refractivity contribution in [3.8, 4) is 0 Å². The van der Waals surface area contributed by atoms with Crippen LogP contribution in [-0.2, 0) is 19.0 Å². The van der Waals surface area contributed by atoms with Crippen LogP contribution in [0.1, 0.15) is 20.3 Å². The Bertz CT molecular complexity index is 256. The molecule has 0 saturated heterocycles. The number of ketones is 1. The lowest BCUT2D eigenvalue weighted by Gasteiger charge is -2.14. The van der Waals surface area contributed by atoms with Gasteiger partial charge >= 0.3 is 0 Å². The van der Waals surface area contributed by atoms with Crippen LogP contribution in [0.4, 0.5) is 0 Å². The van der Waals surface area contributed by atoms with Crippen molar-refractivity contribution in [3.63, 3.8) is 0 Å². The van der Waals surface area contributed by atoms with Crippen molar-refractivity contribution in [2.75, 3.05) is 59.8 Å². The van der Waals surface area contributed by atoms with Crippen molar-refractivity contribution in [1.82, 2.24) is 4.90 Å². The molecular weight excluding hydrogens is 258 g/mol. The Balaban J connectivity index is 3.21. The van der Waals surface area contributed by atoms with Gasteiger partial charge in [-0.05, 0) is 26.5 Å². The summed E-state index contributed by atoms with van der Waals surface area (Å²) in [6.07, 6.45) is 4.49. The lowest BCUT2D eigenvalue weighted by Crippen LogP contribution is -2.24. The van der Waals surface area contributed by atoms with Crippen LogP contribution in [0.25, 0.3) is 0 Å². The second-order valence-electron chi connectivity index (χ2n) is 4.61. The highest BCUT2D eigenvalue weighted by Crippen LogP contribution is 1.87. The first-order valence-corrected chi connectivity index (χ1v) is 7.25. The van der Waals surface area contributed by atoms with Gasteiger partial charge in [0.15, 0.2) is 5.78 Å². The van der Waals surface area contributed by atoms with E-state index in [0.717, 1.165) is 26.1 Å². The maximum Gasteiger partial charge on any atom is 0.152 e. The number of carbonyl (C=O) groups is 1. The van der Waals surface area contributed by atoms with E-state index in [-0.39, 0.29) is 5.78 Å². The Morgan fingerprint density at radius 2 is 1.55 bits per heavy atom. The van der Waals surface area contributed by atoms with Crippen molar-refractivity contribution in [1.29, 1.82) is 0 Å². The summed E-state index contributed by atoms with van der Waals surface area (Å²) in [4.78, 5) is 12.8. The van der Waals surface area contributed by atoms with Crippen molar-refractivity contribution < 1.29 is 19.0 Å². The van der Waals surface area contributed by atoms with E-state index in [1.807, 2.05) is 13.1 Å². The summed E-state index contributed by atoms with van der Waals surface area (Å²) >= 11 is 0. The Kier molecular flexibility index (Phi) is 14.1. The Morgan fingerprint density at radius 3 is 2.10 bits per heavy atom. The van der Waals surface area contributed by atoms with E-state index in [1.165, 1.54) is 0 Å². The van der Waals surface area contributed by atoms with Gasteiger partial charge in [-0.2, -0.15) is 0 Å². The standard InChI is InChI=1S/C15H29NO4/c1-4-9-18-11-13-20-14-12-19-10-8-16(3)7-5-6-15(2)17/h5-6H,4,7-14H2,1-3H3/b6-5+. The van der Waals surface area contributed by atoms with Crippen LogP contribution in [-0.4, -0.2) is 70.5 Å². The molecule has 0 saturated carbocycles. The van der Waals surface area contributed by atoms with Crippen LogP contribution in [0.15, 0.2) is 12.2 Å². The fourth-order valence-electron chi connectivity index (χ4n) is 1.40. The molecule has 0 heterocycles. The minimum atomic E-state index is 0.0784. The molecule has 0 aromatic rings. The van der Waals surface area contributed by atoms with E-state index in [1.54, 1.807) is 13.0 Å². The van der Waals surface area contributed by atoms with Crippen molar-refractivity contribution in [3.05, 3.63) is 12.2 Å². The molecular formula is C15H29NO4. The van der Waals surface area contributed by atoms with Crippen LogP contribution < -0.4 is 0 Å². The lowest BCUT2D eigenvalue weighted by molar-refractivity contribution is -0.112. The second-order valence-corrected chi connectivity index (χ2v) is 4.61. The molecule has 0 spiro atoms. The summed E-state index contributed by atoms with van der Waals surface area (Å²) < 4.78 is 16.1. The number of nitrogens with zero attached hydrogens (tertiary/aromatic N) is 1. The molecule has 0 aromatic heterocycles. The summed E-state index contributed by atoms with van der Waals surface area (Å²) in [5, 5.41) is 0. The van der Waals surface area contributed by atoms with Crippen molar-refractivity contribution in [2.24, 2.45) is 0 Å². The third-order valence-corrected chi connectivity index (χ3v) is 2.48. The van der Waals surface area contributed by atoms with Crippen molar-refractivity contribution in [2.45, 2.75) is 20.3 Å². The van der Waals surface area contributed by atoms with Gasteiger partial charge < -0.3 is 19.1 Å². The predicted molar refractivity (Wildman–Crippen MR) is 80.1 cm³/mol. The number of rotatable bonds is 14. The van der Waals surface area contributed by atoms with Crippen LogP contribution in [0.3, 0.4) is 0 Å². The van der Waals surface area contributed by atoms with E-state index < -0.39 is 0 Å². The molecule has 0 aromatic carbocycles. The molecule has 0 aliphatic rings. The highest BCUT2D eigenvalue weighted by molar-refractivity contribution is 5.87. The summed E-state index contributed by atoms with van der Waals surface area (Å²) in [5.41, 5.74) is 0. The highest BCUT2D eigenvalue weighted by Gasteiger charge is 1.96. The Labute approximate surface area is 122 Å². The normalized spacial score (nSPS) is 11.6. The number of hydrogen-bond acceptors (Lipinski definition) is 5. The first-order chi connectivity index (χ1) is 9.66. The van der Waals surface area contributed by atoms with Gasteiger partial charge in [-0.25, -0.2) is 0 Å². The van der Waals surface area contributed by atoms with Gasteiger partial charge in [-0.3, -0.25) is 4.79 Å². The van der Waals surface area contributed by atoms with Crippen LogP contribution in [0.2, 0.25) is 0 Å². The summed E-state index contributed by atoms with van der Waals surface area (Å²) in [6.45, 7) is 9.17. The molecule has 118 valence electrons. The first-order valence-electron chi connectivity index (χ1n) is 7.25. The van der Waals surface area contributed by atoms with Crippen LogP contribution in [0.5, 0.6) is 0 Å². The quantitative estimate of drug-likeness (QED) is 0.358. The minimum absolute atomic E-state index is 0.0784. The SMILES string of the molecule is CCCOCCOCCOCCN(C)C/C=C/C(C)=O. The maximum absolute atomic E-state index is 10.7. The van der Waals surface area contributed by atoms with E-state index in [0.29, 0.717) is 33.0 Å². The zero-order chi connectivity index (χ0) is 15.1.